The van der Waals surface area contributed by atoms with E-state index in [2.05, 4.69) is 6.92 Å². The first-order valence-electron chi connectivity index (χ1n) is 6.98. The molecular formula is C14H24O4. The predicted octanol–water partition coefficient (Wildman–Crippen LogP) is 2.80. The standard InChI is InChI=1S/C14H24O4/c1-2-3-4-5-6-7-9-14(13(16)17)11-18-10-8-12(14)15/h2-11H2,1H3,(H,16,17). The summed E-state index contributed by atoms with van der Waals surface area (Å²) in [4.78, 5) is 23.2. The van der Waals surface area contributed by atoms with Gasteiger partial charge in [-0.05, 0) is 6.42 Å². The van der Waals surface area contributed by atoms with Crippen LogP contribution in [-0.2, 0) is 14.3 Å². The first-order chi connectivity index (χ1) is 8.63. The summed E-state index contributed by atoms with van der Waals surface area (Å²) in [5.41, 5.74) is -1.26. The van der Waals surface area contributed by atoms with Crippen LogP contribution >= 0.6 is 0 Å². The molecule has 0 aromatic carbocycles. The lowest BCUT2D eigenvalue weighted by Crippen LogP contribution is -2.47. The molecule has 18 heavy (non-hydrogen) atoms. The number of carbonyl (C=O) groups is 2. The summed E-state index contributed by atoms with van der Waals surface area (Å²) in [6.07, 6.45) is 7.21. The Morgan fingerprint density at radius 3 is 2.56 bits per heavy atom. The van der Waals surface area contributed by atoms with Gasteiger partial charge < -0.3 is 9.84 Å². The van der Waals surface area contributed by atoms with Crippen LogP contribution in [0.2, 0.25) is 0 Å². The van der Waals surface area contributed by atoms with Crippen molar-refractivity contribution in [1.29, 1.82) is 0 Å². The summed E-state index contributed by atoms with van der Waals surface area (Å²) in [6, 6.07) is 0. The maximum atomic E-state index is 11.9. The van der Waals surface area contributed by atoms with Crippen molar-refractivity contribution in [3.63, 3.8) is 0 Å². The fraction of sp³-hybridized carbons (Fsp3) is 0.857. The van der Waals surface area contributed by atoms with E-state index in [0.717, 1.165) is 19.3 Å². The summed E-state index contributed by atoms with van der Waals surface area (Å²) in [5, 5.41) is 9.30. The number of carboxylic acids is 1. The Kier molecular flexibility index (Phi) is 6.33. The first kappa shape index (κ1) is 15.2. The van der Waals surface area contributed by atoms with E-state index < -0.39 is 11.4 Å². The van der Waals surface area contributed by atoms with Crippen LogP contribution in [0.3, 0.4) is 0 Å². The third kappa shape index (κ3) is 3.80. The third-order valence-electron chi connectivity index (χ3n) is 3.72. The molecule has 1 saturated heterocycles. The van der Waals surface area contributed by atoms with Gasteiger partial charge in [0.15, 0.2) is 5.78 Å². The van der Waals surface area contributed by atoms with Gasteiger partial charge in [0.05, 0.1) is 13.2 Å². The predicted molar refractivity (Wildman–Crippen MR) is 68.5 cm³/mol. The van der Waals surface area contributed by atoms with Gasteiger partial charge in [0.2, 0.25) is 0 Å². The van der Waals surface area contributed by atoms with Crippen molar-refractivity contribution in [2.24, 2.45) is 5.41 Å². The van der Waals surface area contributed by atoms with Crippen LogP contribution in [0.5, 0.6) is 0 Å². The van der Waals surface area contributed by atoms with Gasteiger partial charge in [-0.1, -0.05) is 45.4 Å². The fourth-order valence-corrected chi connectivity index (χ4v) is 2.44. The van der Waals surface area contributed by atoms with Gasteiger partial charge >= 0.3 is 5.97 Å². The van der Waals surface area contributed by atoms with E-state index in [1.54, 1.807) is 0 Å². The molecule has 1 atom stereocenters. The molecule has 1 N–H and O–H groups in total. The highest BCUT2D eigenvalue weighted by Gasteiger charge is 2.47. The molecule has 0 saturated carbocycles. The molecule has 1 aliphatic rings. The van der Waals surface area contributed by atoms with E-state index in [0.29, 0.717) is 13.0 Å². The average molecular weight is 256 g/mol. The van der Waals surface area contributed by atoms with E-state index in [1.165, 1.54) is 19.3 Å². The summed E-state index contributed by atoms with van der Waals surface area (Å²) in [5.74, 6) is -1.17. The Labute approximate surface area is 109 Å². The minimum absolute atomic E-state index is 0.0517. The SMILES string of the molecule is CCCCCCCCC1(C(=O)O)COCCC1=O. The van der Waals surface area contributed by atoms with E-state index in [4.69, 9.17) is 4.74 Å². The lowest BCUT2D eigenvalue weighted by Gasteiger charge is -2.31. The molecule has 1 unspecified atom stereocenters. The molecule has 4 nitrogen and oxygen atoms in total. The largest absolute Gasteiger partial charge is 0.480 e. The highest BCUT2D eigenvalue weighted by Crippen LogP contribution is 2.32. The minimum Gasteiger partial charge on any atom is -0.480 e. The Balaban J connectivity index is 2.39. The van der Waals surface area contributed by atoms with Crippen LogP contribution in [0.15, 0.2) is 0 Å². The zero-order valence-corrected chi connectivity index (χ0v) is 11.2. The topological polar surface area (TPSA) is 63.6 Å². The summed E-state index contributed by atoms with van der Waals surface area (Å²) in [6.45, 7) is 2.58. The van der Waals surface area contributed by atoms with E-state index in [1.807, 2.05) is 0 Å². The van der Waals surface area contributed by atoms with Crippen molar-refractivity contribution in [1.82, 2.24) is 0 Å². The average Bonchev–Trinajstić information content (AvgIpc) is 2.35. The molecule has 1 aliphatic heterocycles. The number of Topliss-reactive ketones (excluding diaryl/α,β-unsaturated/α-hetero) is 1. The van der Waals surface area contributed by atoms with Crippen molar-refractivity contribution >= 4 is 11.8 Å². The second-order valence-corrected chi connectivity index (χ2v) is 5.13. The third-order valence-corrected chi connectivity index (χ3v) is 3.72. The summed E-state index contributed by atoms with van der Waals surface area (Å²) >= 11 is 0. The second-order valence-electron chi connectivity index (χ2n) is 5.13. The molecule has 1 fully saturated rings. The quantitative estimate of drug-likeness (QED) is 0.536. The Bertz CT molecular complexity index is 288. The number of aliphatic carboxylic acids is 1. The number of hydrogen-bond acceptors (Lipinski definition) is 3. The van der Waals surface area contributed by atoms with Gasteiger partial charge in [-0.15, -0.1) is 0 Å². The van der Waals surface area contributed by atoms with Crippen molar-refractivity contribution in [3.8, 4) is 0 Å². The van der Waals surface area contributed by atoms with Gasteiger partial charge in [-0.25, -0.2) is 0 Å². The zero-order chi connectivity index (χ0) is 13.4. The molecule has 0 bridgehead atoms. The van der Waals surface area contributed by atoms with Gasteiger partial charge in [-0.3, -0.25) is 9.59 Å². The number of rotatable bonds is 8. The van der Waals surface area contributed by atoms with Crippen LogP contribution in [0.25, 0.3) is 0 Å². The number of hydrogen-bond donors (Lipinski definition) is 1. The Morgan fingerprint density at radius 1 is 1.28 bits per heavy atom. The summed E-state index contributed by atoms with van der Waals surface area (Å²) in [7, 11) is 0. The van der Waals surface area contributed by atoms with Gasteiger partial charge in [0, 0.05) is 6.42 Å². The molecule has 0 aromatic rings. The van der Waals surface area contributed by atoms with Crippen molar-refractivity contribution in [2.45, 2.75) is 58.3 Å². The monoisotopic (exact) mass is 256 g/mol. The second kappa shape index (κ2) is 7.52. The fourth-order valence-electron chi connectivity index (χ4n) is 2.44. The molecule has 0 aliphatic carbocycles. The Morgan fingerprint density at radius 2 is 1.94 bits per heavy atom. The highest BCUT2D eigenvalue weighted by atomic mass is 16.5. The summed E-state index contributed by atoms with van der Waals surface area (Å²) < 4.78 is 5.21. The van der Waals surface area contributed by atoms with Crippen molar-refractivity contribution < 1.29 is 19.4 Å². The highest BCUT2D eigenvalue weighted by molar-refractivity contribution is 6.03. The minimum atomic E-state index is -1.26. The van der Waals surface area contributed by atoms with Crippen molar-refractivity contribution in [2.75, 3.05) is 13.2 Å². The maximum absolute atomic E-state index is 11.9. The smallest absolute Gasteiger partial charge is 0.319 e. The van der Waals surface area contributed by atoms with Gasteiger partial charge in [-0.2, -0.15) is 0 Å². The molecule has 1 rings (SSSR count). The van der Waals surface area contributed by atoms with Crippen molar-refractivity contribution in [3.05, 3.63) is 0 Å². The lowest BCUT2D eigenvalue weighted by atomic mass is 9.77. The molecule has 4 heteroatoms. The molecule has 0 spiro atoms. The van der Waals surface area contributed by atoms with E-state index >= 15 is 0 Å². The van der Waals surface area contributed by atoms with Gasteiger partial charge in [0.25, 0.3) is 0 Å². The normalized spacial score (nSPS) is 24.2. The van der Waals surface area contributed by atoms with Gasteiger partial charge in [0.1, 0.15) is 5.41 Å². The number of unbranched alkanes of at least 4 members (excludes halogenated alkanes) is 5. The van der Waals surface area contributed by atoms with E-state index in [-0.39, 0.29) is 18.8 Å². The van der Waals surface area contributed by atoms with E-state index in [9.17, 15) is 14.7 Å². The Hall–Kier alpha value is -0.900. The number of carboxylic acid groups (broad SMARTS) is 1. The number of carbonyl (C=O) groups excluding carboxylic acids is 1. The molecular weight excluding hydrogens is 232 g/mol. The molecule has 1 heterocycles. The zero-order valence-electron chi connectivity index (χ0n) is 11.2. The van der Waals surface area contributed by atoms with Crippen LogP contribution in [0, 0.1) is 5.41 Å². The van der Waals surface area contributed by atoms with Crippen LogP contribution < -0.4 is 0 Å². The lowest BCUT2D eigenvalue weighted by molar-refractivity contribution is -0.165. The number of ether oxygens (including phenoxy) is 1. The van der Waals surface area contributed by atoms with Crippen LogP contribution in [-0.4, -0.2) is 30.1 Å². The molecule has 0 radical (unpaired) electrons. The maximum Gasteiger partial charge on any atom is 0.319 e. The first-order valence-corrected chi connectivity index (χ1v) is 6.98. The number of ketones is 1. The van der Waals surface area contributed by atoms with Crippen LogP contribution in [0.1, 0.15) is 58.3 Å². The molecule has 104 valence electrons. The van der Waals surface area contributed by atoms with Crippen LogP contribution in [0.4, 0.5) is 0 Å². The molecule has 0 aromatic heterocycles. The molecule has 0 amide bonds.